The first-order valence-electron chi connectivity index (χ1n) is 6.30. The SMILES string of the molecule is Cc1[nH]c2ccccc2c1-c1cnc(NCC#N)nc1. The molecule has 3 rings (SSSR count). The molecule has 0 amide bonds. The summed E-state index contributed by atoms with van der Waals surface area (Å²) in [6.45, 7) is 2.24. The Morgan fingerprint density at radius 1 is 1.25 bits per heavy atom. The van der Waals surface area contributed by atoms with Gasteiger partial charge in [0.2, 0.25) is 5.95 Å². The Morgan fingerprint density at radius 2 is 2.00 bits per heavy atom. The Kier molecular flexibility index (Phi) is 3.05. The van der Waals surface area contributed by atoms with Crippen molar-refractivity contribution in [1.82, 2.24) is 15.0 Å². The van der Waals surface area contributed by atoms with Gasteiger partial charge in [-0.05, 0) is 13.0 Å². The zero-order chi connectivity index (χ0) is 13.9. The van der Waals surface area contributed by atoms with E-state index in [1.54, 1.807) is 12.4 Å². The van der Waals surface area contributed by atoms with Crippen LogP contribution in [0.3, 0.4) is 0 Å². The summed E-state index contributed by atoms with van der Waals surface area (Å²) < 4.78 is 0. The van der Waals surface area contributed by atoms with Crippen LogP contribution in [-0.4, -0.2) is 21.5 Å². The molecule has 0 spiro atoms. The normalized spacial score (nSPS) is 10.4. The second kappa shape index (κ2) is 5.02. The van der Waals surface area contributed by atoms with E-state index in [0.717, 1.165) is 27.7 Å². The molecule has 0 saturated carbocycles. The number of nitrogens with zero attached hydrogens (tertiary/aromatic N) is 3. The van der Waals surface area contributed by atoms with Gasteiger partial charge in [0.1, 0.15) is 6.54 Å². The molecule has 2 heterocycles. The monoisotopic (exact) mass is 263 g/mol. The van der Waals surface area contributed by atoms with Crippen molar-refractivity contribution in [3.8, 4) is 17.2 Å². The molecule has 0 aliphatic rings. The zero-order valence-electron chi connectivity index (χ0n) is 11.0. The molecule has 2 N–H and O–H groups in total. The van der Waals surface area contributed by atoms with Gasteiger partial charge in [-0.1, -0.05) is 18.2 Å². The van der Waals surface area contributed by atoms with E-state index in [1.807, 2.05) is 25.1 Å². The number of anilines is 1. The minimum atomic E-state index is 0.200. The molecule has 0 aliphatic carbocycles. The maximum absolute atomic E-state index is 8.51. The van der Waals surface area contributed by atoms with E-state index in [-0.39, 0.29) is 6.54 Å². The lowest BCUT2D eigenvalue weighted by Gasteiger charge is -2.03. The highest BCUT2D eigenvalue weighted by atomic mass is 15.1. The van der Waals surface area contributed by atoms with Crippen LogP contribution in [0.4, 0.5) is 5.95 Å². The van der Waals surface area contributed by atoms with Crippen molar-refractivity contribution < 1.29 is 0 Å². The van der Waals surface area contributed by atoms with E-state index >= 15 is 0 Å². The molecule has 1 aromatic carbocycles. The van der Waals surface area contributed by atoms with Crippen molar-refractivity contribution in [3.63, 3.8) is 0 Å². The third-order valence-corrected chi connectivity index (χ3v) is 3.16. The van der Waals surface area contributed by atoms with Crippen LogP contribution in [0.2, 0.25) is 0 Å². The molecule has 0 unspecified atom stereocenters. The van der Waals surface area contributed by atoms with E-state index in [9.17, 15) is 0 Å². The fourth-order valence-corrected chi connectivity index (χ4v) is 2.32. The minimum Gasteiger partial charge on any atom is -0.358 e. The average Bonchev–Trinajstić information content (AvgIpc) is 2.81. The van der Waals surface area contributed by atoms with Crippen molar-refractivity contribution in [2.75, 3.05) is 11.9 Å². The van der Waals surface area contributed by atoms with E-state index in [2.05, 4.69) is 32.4 Å². The number of aryl methyl sites for hydroxylation is 1. The van der Waals surface area contributed by atoms with Crippen LogP contribution < -0.4 is 5.32 Å². The second-order valence-electron chi connectivity index (χ2n) is 4.48. The maximum Gasteiger partial charge on any atom is 0.223 e. The van der Waals surface area contributed by atoms with Crippen LogP contribution in [0.25, 0.3) is 22.0 Å². The van der Waals surface area contributed by atoms with Gasteiger partial charge >= 0.3 is 0 Å². The molecule has 98 valence electrons. The third-order valence-electron chi connectivity index (χ3n) is 3.16. The van der Waals surface area contributed by atoms with Gasteiger partial charge < -0.3 is 10.3 Å². The molecule has 0 atom stereocenters. The highest BCUT2D eigenvalue weighted by Gasteiger charge is 2.10. The van der Waals surface area contributed by atoms with E-state index in [0.29, 0.717) is 5.95 Å². The van der Waals surface area contributed by atoms with E-state index in [4.69, 9.17) is 5.26 Å². The van der Waals surface area contributed by atoms with Crippen LogP contribution in [0.5, 0.6) is 0 Å². The van der Waals surface area contributed by atoms with Gasteiger partial charge in [-0.3, -0.25) is 0 Å². The average molecular weight is 263 g/mol. The first-order chi connectivity index (χ1) is 9.79. The molecule has 2 aromatic heterocycles. The summed E-state index contributed by atoms with van der Waals surface area (Å²) in [5.74, 6) is 0.466. The Morgan fingerprint density at radius 3 is 2.75 bits per heavy atom. The van der Waals surface area contributed by atoms with Crippen molar-refractivity contribution in [1.29, 1.82) is 5.26 Å². The fourth-order valence-electron chi connectivity index (χ4n) is 2.32. The van der Waals surface area contributed by atoms with Crippen LogP contribution in [0.15, 0.2) is 36.7 Å². The highest BCUT2D eigenvalue weighted by molar-refractivity contribution is 5.97. The number of aromatic nitrogens is 3. The zero-order valence-corrected chi connectivity index (χ0v) is 11.0. The largest absolute Gasteiger partial charge is 0.358 e. The molecule has 20 heavy (non-hydrogen) atoms. The topological polar surface area (TPSA) is 77.4 Å². The molecule has 0 fully saturated rings. The molecule has 3 aromatic rings. The first kappa shape index (κ1) is 12.2. The number of rotatable bonds is 3. The number of para-hydroxylation sites is 1. The number of nitriles is 1. The smallest absolute Gasteiger partial charge is 0.223 e. The molecule has 0 aliphatic heterocycles. The Hall–Kier alpha value is -2.87. The number of hydrogen-bond acceptors (Lipinski definition) is 4. The summed E-state index contributed by atoms with van der Waals surface area (Å²) in [7, 11) is 0. The molecule has 5 heteroatoms. The first-order valence-corrected chi connectivity index (χ1v) is 6.30. The number of hydrogen-bond donors (Lipinski definition) is 2. The number of aromatic amines is 1. The maximum atomic E-state index is 8.51. The number of H-pyrrole nitrogens is 1. The third kappa shape index (κ3) is 2.08. The molecular weight excluding hydrogens is 250 g/mol. The van der Waals surface area contributed by atoms with Gasteiger partial charge in [0.15, 0.2) is 0 Å². The number of fused-ring (bicyclic) bond motifs is 1. The summed E-state index contributed by atoms with van der Waals surface area (Å²) in [5, 5.41) is 12.5. The van der Waals surface area contributed by atoms with Crippen LogP contribution >= 0.6 is 0 Å². The molecule has 5 nitrogen and oxygen atoms in total. The van der Waals surface area contributed by atoms with Crippen molar-refractivity contribution in [3.05, 3.63) is 42.4 Å². The summed E-state index contributed by atoms with van der Waals surface area (Å²) >= 11 is 0. The van der Waals surface area contributed by atoms with Gasteiger partial charge in [0.25, 0.3) is 0 Å². The molecule has 0 bridgehead atoms. The molecule has 0 radical (unpaired) electrons. The Balaban J connectivity index is 2.03. The standard InChI is InChI=1S/C15H13N5/c1-10-14(12-4-2-3-5-13(12)20-10)11-8-18-15(19-9-11)17-7-6-16/h2-5,8-9,20H,7H2,1H3,(H,17,18,19). The van der Waals surface area contributed by atoms with Gasteiger partial charge in [-0.15, -0.1) is 0 Å². The summed E-state index contributed by atoms with van der Waals surface area (Å²) in [4.78, 5) is 11.8. The van der Waals surface area contributed by atoms with E-state index in [1.165, 1.54) is 0 Å². The minimum absolute atomic E-state index is 0.200. The summed E-state index contributed by atoms with van der Waals surface area (Å²) in [5.41, 5.74) is 4.27. The fraction of sp³-hybridized carbons (Fsp3) is 0.133. The van der Waals surface area contributed by atoms with Crippen molar-refractivity contribution in [2.24, 2.45) is 0 Å². The second-order valence-corrected chi connectivity index (χ2v) is 4.48. The van der Waals surface area contributed by atoms with Gasteiger partial charge in [0, 0.05) is 40.1 Å². The van der Waals surface area contributed by atoms with Crippen molar-refractivity contribution >= 4 is 16.9 Å². The lowest BCUT2D eigenvalue weighted by Crippen LogP contribution is -2.02. The van der Waals surface area contributed by atoms with Gasteiger partial charge in [-0.2, -0.15) is 5.26 Å². The lowest BCUT2D eigenvalue weighted by atomic mass is 10.1. The highest BCUT2D eigenvalue weighted by Crippen LogP contribution is 2.31. The molecular formula is C15H13N5. The van der Waals surface area contributed by atoms with Crippen LogP contribution in [0, 0.1) is 18.3 Å². The van der Waals surface area contributed by atoms with E-state index < -0.39 is 0 Å². The van der Waals surface area contributed by atoms with Crippen LogP contribution in [0.1, 0.15) is 5.69 Å². The predicted molar refractivity (Wildman–Crippen MR) is 78.2 cm³/mol. The number of benzene rings is 1. The van der Waals surface area contributed by atoms with Crippen molar-refractivity contribution in [2.45, 2.75) is 6.92 Å². The lowest BCUT2D eigenvalue weighted by molar-refractivity contribution is 1.12. The quantitative estimate of drug-likeness (QED) is 0.712. The van der Waals surface area contributed by atoms with Gasteiger partial charge in [-0.25, -0.2) is 9.97 Å². The predicted octanol–water partition coefficient (Wildman–Crippen LogP) is 2.87. The van der Waals surface area contributed by atoms with Gasteiger partial charge in [0.05, 0.1) is 6.07 Å². The summed E-state index contributed by atoms with van der Waals surface area (Å²) in [6.07, 6.45) is 3.55. The Bertz CT molecular complexity index is 780. The number of nitrogens with one attached hydrogen (secondary N) is 2. The van der Waals surface area contributed by atoms with Crippen LogP contribution in [-0.2, 0) is 0 Å². The molecule has 0 saturated heterocycles. The Labute approximate surface area is 116 Å². The summed E-state index contributed by atoms with van der Waals surface area (Å²) in [6, 6.07) is 10.2.